The van der Waals surface area contributed by atoms with Gasteiger partial charge in [-0.05, 0) is 49.7 Å². The fourth-order valence-corrected chi connectivity index (χ4v) is 4.65. The molecule has 0 aliphatic carbocycles. The molecule has 2 N–H and O–H groups in total. The van der Waals surface area contributed by atoms with Crippen LogP contribution in [0.25, 0.3) is 0 Å². The first-order chi connectivity index (χ1) is 13.4. The van der Waals surface area contributed by atoms with Crippen molar-refractivity contribution in [2.75, 3.05) is 19.7 Å². The van der Waals surface area contributed by atoms with Crippen molar-refractivity contribution < 1.29 is 18.1 Å². The van der Waals surface area contributed by atoms with Gasteiger partial charge in [0, 0.05) is 30.6 Å². The molecular weight excluding hydrogens is 382 g/mol. The summed E-state index contributed by atoms with van der Waals surface area (Å²) in [4.78, 5) is 10.2. The SMILES string of the molecule is CCOc1ccc([C@H]2CCNC[C@H]2NS(=O)(=O)c2ccc([N+](=O)[O-])cc2)cc1. The van der Waals surface area contributed by atoms with Gasteiger partial charge in [0.05, 0.1) is 16.4 Å². The number of hydrogen-bond acceptors (Lipinski definition) is 6. The summed E-state index contributed by atoms with van der Waals surface area (Å²) in [5, 5.41) is 14.0. The highest BCUT2D eigenvalue weighted by atomic mass is 32.2. The van der Waals surface area contributed by atoms with Gasteiger partial charge in [0.1, 0.15) is 5.75 Å². The summed E-state index contributed by atoms with van der Waals surface area (Å²) in [6.45, 7) is 3.81. The lowest BCUT2D eigenvalue weighted by Gasteiger charge is -2.33. The van der Waals surface area contributed by atoms with Crippen LogP contribution in [-0.2, 0) is 10.0 Å². The number of nitrogens with one attached hydrogen (secondary N) is 2. The van der Waals surface area contributed by atoms with E-state index in [0.717, 1.165) is 24.3 Å². The number of non-ortho nitro benzene ring substituents is 1. The topological polar surface area (TPSA) is 111 Å². The predicted molar refractivity (Wildman–Crippen MR) is 105 cm³/mol. The normalized spacial score (nSPS) is 19.9. The van der Waals surface area contributed by atoms with E-state index in [2.05, 4.69) is 10.0 Å². The molecule has 0 saturated carbocycles. The van der Waals surface area contributed by atoms with Gasteiger partial charge in [-0.15, -0.1) is 0 Å². The predicted octanol–water partition coefficient (Wildman–Crippen LogP) is 2.42. The Morgan fingerprint density at radius 3 is 2.46 bits per heavy atom. The molecule has 1 aliphatic rings. The van der Waals surface area contributed by atoms with Crippen molar-refractivity contribution in [2.24, 2.45) is 0 Å². The summed E-state index contributed by atoms with van der Waals surface area (Å²) in [5.74, 6) is 0.799. The number of hydrogen-bond donors (Lipinski definition) is 2. The van der Waals surface area contributed by atoms with Crippen molar-refractivity contribution >= 4 is 15.7 Å². The number of nitrogens with zero attached hydrogens (tertiary/aromatic N) is 1. The Balaban J connectivity index is 1.78. The van der Waals surface area contributed by atoms with E-state index < -0.39 is 14.9 Å². The maximum absolute atomic E-state index is 12.8. The van der Waals surface area contributed by atoms with E-state index in [1.807, 2.05) is 31.2 Å². The summed E-state index contributed by atoms with van der Waals surface area (Å²) in [6, 6.07) is 12.3. The van der Waals surface area contributed by atoms with Crippen LogP contribution in [-0.4, -0.2) is 39.1 Å². The molecule has 9 heteroatoms. The fraction of sp³-hybridized carbons (Fsp3) is 0.368. The molecule has 1 aliphatic heterocycles. The standard InChI is InChI=1S/C19H23N3O5S/c1-2-27-16-7-3-14(4-8-16)18-11-12-20-13-19(18)21-28(25,26)17-9-5-15(6-10-17)22(23)24/h3-10,18-21H,2,11-13H2,1H3/t18-,19-/m1/s1. The van der Waals surface area contributed by atoms with E-state index in [-0.39, 0.29) is 22.5 Å². The Bertz CT molecular complexity index is 914. The molecule has 1 heterocycles. The lowest BCUT2D eigenvalue weighted by molar-refractivity contribution is -0.384. The average molecular weight is 405 g/mol. The van der Waals surface area contributed by atoms with Crippen LogP contribution in [0.1, 0.15) is 24.8 Å². The Hall–Kier alpha value is -2.49. The van der Waals surface area contributed by atoms with Crippen LogP contribution in [0.15, 0.2) is 53.4 Å². The Kier molecular flexibility index (Phi) is 6.28. The van der Waals surface area contributed by atoms with E-state index in [9.17, 15) is 18.5 Å². The highest BCUT2D eigenvalue weighted by Gasteiger charge is 2.30. The molecule has 3 rings (SSSR count). The monoisotopic (exact) mass is 405 g/mol. The van der Waals surface area contributed by atoms with E-state index in [1.165, 1.54) is 24.3 Å². The summed E-state index contributed by atoms with van der Waals surface area (Å²) >= 11 is 0. The lowest BCUT2D eigenvalue weighted by Crippen LogP contribution is -2.49. The molecule has 8 nitrogen and oxygen atoms in total. The number of sulfonamides is 1. The molecule has 0 unspecified atom stereocenters. The van der Waals surface area contributed by atoms with Gasteiger partial charge in [-0.1, -0.05) is 12.1 Å². The van der Waals surface area contributed by atoms with Crippen LogP contribution in [0.4, 0.5) is 5.69 Å². The van der Waals surface area contributed by atoms with Crippen LogP contribution in [0.3, 0.4) is 0 Å². The van der Waals surface area contributed by atoms with Crippen LogP contribution in [0, 0.1) is 10.1 Å². The smallest absolute Gasteiger partial charge is 0.269 e. The minimum absolute atomic E-state index is 0.00844. The second kappa shape index (κ2) is 8.68. The van der Waals surface area contributed by atoms with Crippen LogP contribution < -0.4 is 14.8 Å². The molecule has 150 valence electrons. The van der Waals surface area contributed by atoms with E-state index >= 15 is 0 Å². The first kappa shape index (κ1) is 20.2. The Labute approximate surface area is 164 Å². The van der Waals surface area contributed by atoms with Gasteiger partial charge < -0.3 is 10.1 Å². The fourth-order valence-electron chi connectivity index (χ4n) is 3.37. The van der Waals surface area contributed by atoms with Crippen molar-refractivity contribution in [3.8, 4) is 5.75 Å². The zero-order chi connectivity index (χ0) is 20.1. The van der Waals surface area contributed by atoms with Crippen molar-refractivity contribution in [3.05, 3.63) is 64.2 Å². The third kappa shape index (κ3) is 4.67. The van der Waals surface area contributed by atoms with E-state index in [4.69, 9.17) is 4.74 Å². The van der Waals surface area contributed by atoms with Crippen molar-refractivity contribution in [2.45, 2.75) is 30.2 Å². The molecular formula is C19H23N3O5S. The second-order valence-corrected chi connectivity index (χ2v) is 8.29. The number of nitro groups is 1. The molecule has 0 radical (unpaired) electrons. The van der Waals surface area contributed by atoms with Gasteiger partial charge in [-0.25, -0.2) is 13.1 Å². The lowest BCUT2D eigenvalue weighted by atomic mass is 9.86. The number of ether oxygens (including phenoxy) is 1. The van der Waals surface area contributed by atoms with Gasteiger partial charge in [0.15, 0.2) is 0 Å². The highest BCUT2D eigenvalue weighted by molar-refractivity contribution is 7.89. The van der Waals surface area contributed by atoms with Crippen LogP contribution in [0.5, 0.6) is 5.75 Å². The number of nitro benzene ring substituents is 1. The first-order valence-electron chi connectivity index (χ1n) is 9.11. The third-order valence-corrected chi connectivity index (χ3v) is 6.27. The molecule has 1 saturated heterocycles. The number of benzene rings is 2. The van der Waals surface area contributed by atoms with Crippen LogP contribution >= 0.6 is 0 Å². The maximum atomic E-state index is 12.8. The molecule has 0 amide bonds. The molecule has 2 aromatic rings. The van der Waals surface area contributed by atoms with Gasteiger partial charge in [0.2, 0.25) is 10.0 Å². The summed E-state index contributed by atoms with van der Waals surface area (Å²) in [5.41, 5.74) is 0.895. The quantitative estimate of drug-likeness (QED) is 0.541. The van der Waals surface area contributed by atoms with Gasteiger partial charge in [-0.3, -0.25) is 10.1 Å². The molecule has 0 aromatic heterocycles. The van der Waals surface area contributed by atoms with Gasteiger partial charge >= 0.3 is 0 Å². The van der Waals surface area contributed by atoms with E-state index in [1.54, 1.807) is 0 Å². The van der Waals surface area contributed by atoms with Crippen molar-refractivity contribution in [3.63, 3.8) is 0 Å². The summed E-state index contributed by atoms with van der Waals surface area (Å²) in [7, 11) is -3.80. The summed E-state index contributed by atoms with van der Waals surface area (Å²) < 4.78 is 33.8. The summed E-state index contributed by atoms with van der Waals surface area (Å²) in [6.07, 6.45) is 0.793. The molecule has 28 heavy (non-hydrogen) atoms. The van der Waals surface area contributed by atoms with Crippen molar-refractivity contribution in [1.82, 2.24) is 10.0 Å². The minimum atomic E-state index is -3.80. The molecule has 1 fully saturated rings. The average Bonchev–Trinajstić information content (AvgIpc) is 2.69. The molecule has 0 bridgehead atoms. The van der Waals surface area contributed by atoms with E-state index in [0.29, 0.717) is 13.2 Å². The Morgan fingerprint density at radius 1 is 1.18 bits per heavy atom. The van der Waals surface area contributed by atoms with Gasteiger partial charge in [0.25, 0.3) is 5.69 Å². The van der Waals surface area contributed by atoms with Gasteiger partial charge in [-0.2, -0.15) is 0 Å². The molecule has 2 aromatic carbocycles. The largest absolute Gasteiger partial charge is 0.494 e. The number of rotatable bonds is 7. The third-order valence-electron chi connectivity index (χ3n) is 4.77. The first-order valence-corrected chi connectivity index (χ1v) is 10.6. The second-order valence-electron chi connectivity index (χ2n) is 6.58. The number of piperidine rings is 1. The molecule has 2 atom stereocenters. The molecule has 0 spiro atoms. The zero-order valence-corrected chi connectivity index (χ0v) is 16.3. The van der Waals surface area contributed by atoms with Crippen molar-refractivity contribution in [1.29, 1.82) is 0 Å². The Morgan fingerprint density at radius 2 is 1.86 bits per heavy atom. The van der Waals surface area contributed by atoms with Crippen LogP contribution in [0.2, 0.25) is 0 Å². The zero-order valence-electron chi connectivity index (χ0n) is 15.5. The highest BCUT2D eigenvalue weighted by Crippen LogP contribution is 2.28. The maximum Gasteiger partial charge on any atom is 0.269 e. The minimum Gasteiger partial charge on any atom is -0.494 e.